The minimum absolute atomic E-state index is 0.601. The molecular weight excluding hydrogens is 709 g/mol. The third kappa shape index (κ3) is 5.57. The van der Waals surface area contributed by atoms with Crippen LogP contribution in [-0.4, -0.2) is 24.5 Å². The van der Waals surface area contributed by atoms with Crippen molar-refractivity contribution in [3.05, 3.63) is 194 Å². The van der Waals surface area contributed by atoms with Gasteiger partial charge in [0, 0.05) is 22.6 Å². The van der Waals surface area contributed by atoms with Crippen molar-refractivity contribution in [2.24, 2.45) is 0 Å². The molecule has 0 atom stereocenters. The van der Waals surface area contributed by atoms with E-state index in [1.165, 1.54) is 49.0 Å². The van der Waals surface area contributed by atoms with Gasteiger partial charge in [-0.1, -0.05) is 133 Å². The Kier molecular flexibility index (Phi) is 7.83. The Balaban J connectivity index is 0.996. The molecule has 11 rings (SSSR count). The summed E-state index contributed by atoms with van der Waals surface area (Å²) in [6.45, 7) is 3.81. The zero-order valence-corrected chi connectivity index (χ0v) is 32.0. The zero-order valence-electron chi connectivity index (χ0n) is 32.0. The van der Waals surface area contributed by atoms with Gasteiger partial charge in [-0.15, -0.1) is 0 Å². The number of hydrogen-bond donors (Lipinski definition) is 0. The second-order valence-electron chi connectivity index (χ2n) is 14.8. The van der Waals surface area contributed by atoms with Gasteiger partial charge in [-0.05, 0) is 117 Å². The predicted octanol–water partition coefficient (Wildman–Crippen LogP) is 13.2. The molecule has 0 saturated carbocycles. The fraction of sp³-hybridized carbons (Fsp3) is 0.0385. The van der Waals surface area contributed by atoms with Gasteiger partial charge in [0.15, 0.2) is 0 Å². The second-order valence-corrected chi connectivity index (χ2v) is 14.8. The van der Waals surface area contributed by atoms with Gasteiger partial charge in [-0.3, -0.25) is 9.47 Å². The summed E-state index contributed by atoms with van der Waals surface area (Å²) in [6.07, 6.45) is 0. The molecule has 0 spiro atoms. The van der Waals surface area contributed by atoms with Crippen molar-refractivity contribution in [3.8, 4) is 39.3 Å². The van der Waals surface area contributed by atoms with Crippen LogP contribution in [0.25, 0.3) is 82.7 Å². The summed E-state index contributed by atoms with van der Waals surface area (Å²) in [7, 11) is 0. The molecule has 274 valence electrons. The molecule has 0 aliphatic rings. The average Bonchev–Trinajstić information content (AvgIpc) is 3.66. The van der Waals surface area contributed by atoms with E-state index in [4.69, 9.17) is 15.0 Å². The molecular formula is C52H36N6. The Hall–Kier alpha value is -7.70. The third-order valence-electron chi connectivity index (χ3n) is 11.2. The predicted molar refractivity (Wildman–Crippen MR) is 239 cm³/mol. The van der Waals surface area contributed by atoms with Crippen molar-refractivity contribution >= 4 is 60.7 Å². The first-order valence-corrected chi connectivity index (χ1v) is 19.6. The maximum Gasteiger partial charge on any atom is 0.238 e. The van der Waals surface area contributed by atoms with Crippen LogP contribution < -0.4 is 4.90 Å². The third-order valence-corrected chi connectivity index (χ3v) is 11.2. The molecule has 2 aromatic heterocycles. The molecule has 0 saturated heterocycles. The van der Waals surface area contributed by atoms with E-state index in [9.17, 15) is 0 Å². The van der Waals surface area contributed by atoms with Gasteiger partial charge in [0.25, 0.3) is 0 Å². The number of hydrogen-bond acceptors (Lipinski definition) is 5. The summed E-state index contributed by atoms with van der Waals surface area (Å²) >= 11 is 0. The Labute approximate surface area is 335 Å². The second kappa shape index (κ2) is 13.5. The monoisotopic (exact) mass is 744 g/mol. The zero-order chi connectivity index (χ0) is 38.7. The maximum absolute atomic E-state index is 5.05. The highest BCUT2D eigenvalue weighted by atomic mass is 15.3. The van der Waals surface area contributed by atoms with Crippen LogP contribution in [0.1, 0.15) is 11.6 Å². The van der Waals surface area contributed by atoms with Crippen molar-refractivity contribution < 1.29 is 0 Å². The van der Waals surface area contributed by atoms with Crippen molar-refractivity contribution in [2.45, 2.75) is 13.8 Å². The molecule has 6 heteroatoms. The fourth-order valence-corrected chi connectivity index (χ4v) is 8.61. The number of fused-ring (bicyclic) bond motifs is 1. The Morgan fingerprint density at radius 2 is 0.931 bits per heavy atom. The van der Waals surface area contributed by atoms with Crippen LogP contribution in [0.3, 0.4) is 0 Å². The molecule has 0 fully saturated rings. The normalized spacial score (nSPS) is 11.6. The Morgan fingerprint density at radius 3 is 1.55 bits per heavy atom. The highest BCUT2D eigenvalue weighted by Crippen LogP contribution is 2.43. The number of aryl methyl sites for hydroxylation is 2. The highest BCUT2D eigenvalue weighted by Gasteiger charge is 2.19. The first-order chi connectivity index (χ1) is 28.6. The molecule has 0 bridgehead atoms. The van der Waals surface area contributed by atoms with E-state index in [2.05, 4.69) is 166 Å². The quantitative estimate of drug-likeness (QED) is 0.152. The Bertz CT molecular complexity index is 3260. The van der Waals surface area contributed by atoms with E-state index in [0.717, 1.165) is 45.0 Å². The van der Waals surface area contributed by atoms with Crippen LogP contribution in [0.4, 0.5) is 17.3 Å². The highest BCUT2D eigenvalue weighted by molar-refractivity contribution is 6.27. The summed E-state index contributed by atoms with van der Waals surface area (Å²) in [5.41, 5.74) is 10.9. The number of aromatic nitrogens is 5. The maximum atomic E-state index is 5.05. The molecule has 6 nitrogen and oxygen atoms in total. The number of nitrogens with zero attached hydrogens (tertiary/aromatic N) is 6. The van der Waals surface area contributed by atoms with Crippen LogP contribution >= 0.6 is 0 Å². The molecule has 0 amide bonds. The first-order valence-electron chi connectivity index (χ1n) is 19.6. The SMILES string of the molecule is Cc1nc(C)nc(N(c2ccccc2)c2ccc(-c3ccc4ccc5c(-c6ccc(-n7c(-c8ccccc8)nc8ccccc87)cc6)ccc6ccc3c4c65)cc2)n1. The smallest absolute Gasteiger partial charge is 0.238 e. The number of para-hydroxylation sites is 3. The van der Waals surface area contributed by atoms with Crippen molar-refractivity contribution in [1.82, 2.24) is 24.5 Å². The van der Waals surface area contributed by atoms with Crippen LogP contribution in [0.2, 0.25) is 0 Å². The minimum atomic E-state index is 0.601. The van der Waals surface area contributed by atoms with Gasteiger partial charge in [-0.25, -0.2) is 9.97 Å². The summed E-state index contributed by atoms with van der Waals surface area (Å²) in [5.74, 6) is 2.91. The summed E-state index contributed by atoms with van der Waals surface area (Å²) in [6, 6.07) is 64.9. The lowest BCUT2D eigenvalue weighted by atomic mass is 9.87. The van der Waals surface area contributed by atoms with Gasteiger partial charge in [0.05, 0.1) is 11.0 Å². The van der Waals surface area contributed by atoms with E-state index in [-0.39, 0.29) is 0 Å². The van der Waals surface area contributed by atoms with Crippen molar-refractivity contribution in [3.63, 3.8) is 0 Å². The lowest BCUT2D eigenvalue weighted by molar-refractivity contribution is 0.906. The van der Waals surface area contributed by atoms with Crippen LogP contribution in [-0.2, 0) is 0 Å². The van der Waals surface area contributed by atoms with E-state index < -0.39 is 0 Å². The molecule has 0 N–H and O–H groups in total. The van der Waals surface area contributed by atoms with E-state index >= 15 is 0 Å². The van der Waals surface area contributed by atoms with Crippen molar-refractivity contribution in [1.29, 1.82) is 0 Å². The molecule has 58 heavy (non-hydrogen) atoms. The van der Waals surface area contributed by atoms with E-state index in [0.29, 0.717) is 17.6 Å². The van der Waals surface area contributed by atoms with Crippen LogP contribution in [0.15, 0.2) is 182 Å². The molecule has 9 aromatic carbocycles. The fourth-order valence-electron chi connectivity index (χ4n) is 8.61. The largest absolute Gasteiger partial charge is 0.292 e. The van der Waals surface area contributed by atoms with Gasteiger partial charge in [-0.2, -0.15) is 9.97 Å². The van der Waals surface area contributed by atoms with E-state index in [1.807, 2.05) is 44.2 Å². The van der Waals surface area contributed by atoms with Gasteiger partial charge in [0.2, 0.25) is 5.95 Å². The molecule has 0 radical (unpaired) electrons. The van der Waals surface area contributed by atoms with Crippen molar-refractivity contribution in [2.75, 3.05) is 4.90 Å². The lowest BCUT2D eigenvalue weighted by Gasteiger charge is -2.23. The first kappa shape index (κ1) is 33.6. The standard InChI is InChI=1S/C52H36N6/c1-33-53-34(2)55-52(54-33)57(40-13-7-4-8-14-40)41-25-17-35(18-26-41)43-29-21-37-24-32-46-44(30-22-38-23-31-45(43)49(37)50(38)46)36-19-27-42(28-20-36)58-48-16-10-9-15-47(48)56-51(58)39-11-5-3-6-12-39/h3-32H,1-2H3. The number of imidazole rings is 1. The average molecular weight is 745 g/mol. The molecule has 0 unspecified atom stereocenters. The van der Waals surface area contributed by atoms with Gasteiger partial charge >= 0.3 is 0 Å². The van der Waals surface area contributed by atoms with Crippen LogP contribution in [0, 0.1) is 13.8 Å². The molecule has 2 heterocycles. The molecule has 0 aliphatic carbocycles. The number of rotatable bonds is 7. The topological polar surface area (TPSA) is 59.7 Å². The van der Waals surface area contributed by atoms with Gasteiger partial charge in [0.1, 0.15) is 17.5 Å². The lowest BCUT2D eigenvalue weighted by Crippen LogP contribution is -2.15. The van der Waals surface area contributed by atoms with Crippen LogP contribution in [0.5, 0.6) is 0 Å². The number of benzene rings is 9. The van der Waals surface area contributed by atoms with Gasteiger partial charge < -0.3 is 0 Å². The summed E-state index contributed by atoms with van der Waals surface area (Å²) in [5, 5.41) is 7.53. The molecule has 0 aliphatic heterocycles. The number of anilines is 3. The van der Waals surface area contributed by atoms with E-state index in [1.54, 1.807) is 0 Å². The minimum Gasteiger partial charge on any atom is -0.292 e. The summed E-state index contributed by atoms with van der Waals surface area (Å²) < 4.78 is 2.26. The summed E-state index contributed by atoms with van der Waals surface area (Å²) in [4.78, 5) is 21.0. The Morgan fingerprint density at radius 1 is 0.414 bits per heavy atom. The molecule has 11 aromatic rings.